The number of carbonyl (C=O) groups is 2. The van der Waals surface area contributed by atoms with Crippen LogP contribution in [0.3, 0.4) is 0 Å². The van der Waals surface area contributed by atoms with E-state index in [9.17, 15) is 9.59 Å². The van der Waals surface area contributed by atoms with Crippen LogP contribution in [0.5, 0.6) is 0 Å². The zero-order valence-corrected chi connectivity index (χ0v) is 21.5. The number of nitrogens with zero attached hydrogens (tertiary/aromatic N) is 1. The van der Waals surface area contributed by atoms with E-state index in [1.807, 2.05) is 26.8 Å². The largest absolute Gasteiger partial charge is 0.355 e. The summed E-state index contributed by atoms with van der Waals surface area (Å²) in [6, 6.07) is 13.3. The van der Waals surface area contributed by atoms with E-state index >= 15 is 0 Å². The maximum absolute atomic E-state index is 13.4. The van der Waals surface area contributed by atoms with Crippen molar-refractivity contribution in [3.8, 4) is 0 Å². The van der Waals surface area contributed by atoms with Crippen molar-refractivity contribution in [3.63, 3.8) is 0 Å². The van der Waals surface area contributed by atoms with Crippen LogP contribution >= 0.6 is 23.2 Å². The van der Waals surface area contributed by atoms with Gasteiger partial charge in [0.1, 0.15) is 5.60 Å². The van der Waals surface area contributed by atoms with Gasteiger partial charge in [0.15, 0.2) is 0 Å². The molecule has 1 atom stereocenters. The highest BCUT2D eigenvalue weighted by atomic mass is 35.5. The maximum atomic E-state index is 13.4. The quantitative estimate of drug-likeness (QED) is 0.353. The van der Waals surface area contributed by atoms with Crippen LogP contribution in [0.1, 0.15) is 74.9 Å². The average Bonchev–Trinajstić information content (AvgIpc) is 3.11. The number of hydrogen-bond donors (Lipinski definition) is 0. The fourth-order valence-electron chi connectivity index (χ4n) is 5.53. The van der Waals surface area contributed by atoms with E-state index in [0.717, 1.165) is 33.4 Å². The van der Waals surface area contributed by atoms with Gasteiger partial charge in [0, 0.05) is 0 Å². The Hall–Kier alpha value is -2.66. The lowest BCUT2D eigenvalue weighted by atomic mass is 9.80. The Kier molecular flexibility index (Phi) is 5.04. The summed E-state index contributed by atoms with van der Waals surface area (Å²) < 4.78 is 6.71. The Balaban J connectivity index is 1.74. The predicted molar refractivity (Wildman–Crippen MR) is 135 cm³/mol. The number of anilines is 1. The smallest absolute Gasteiger partial charge is 0.266 e. The molecule has 34 heavy (non-hydrogen) atoms. The molecule has 2 heterocycles. The molecule has 2 amide bonds. The molecule has 0 fully saturated rings. The van der Waals surface area contributed by atoms with E-state index in [2.05, 4.69) is 45.0 Å². The fraction of sp³-hybridized carbons (Fsp3) is 0.286. The van der Waals surface area contributed by atoms with Gasteiger partial charge in [-0.25, -0.2) is 4.90 Å². The summed E-state index contributed by atoms with van der Waals surface area (Å²) in [5.41, 5.74) is 5.69. The van der Waals surface area contributed by atoms with E-state index in [4.69, 9.17) is 27.9 Å². The van der Waals surface area contributed by atoms with Crippen LogP contribution in [0.4, 0.5) is 5.69 Å². The summed E-state index contributed by atoms with van der Waals surface area (Å²) in [5.74, 6) is -0.806. The van der Waals surface area contributed by atoms with Crippen molar-refractivity contribution >= 4 is 40.7 Å². The number of benzene rings is 3. The van der Waals surface area contributed by atoms with Gasteiger partial charge in [0.25, 0.3) is 11.8 Å². The predicted octanol–water partition coefficient (Wildman–Crippen LogP) is 7.25. The summed E-state index contributed by atoms with van der Waals surface area (Å²) in [7, 11) is 0. The molecule has 0 saturated carbocycles. The topological polar surface area (TPSA) is 46.6 Å². The lowest BCUT2D eigenvalue weighted by molar-refractivity contribution is -0.0924. The van der Waals surface area contributed by atoms with Gasteiger partial charge in [-0.1, -0.05) is 59.1 Å². The van der Waals surface area contributed by atoms with Crippen LogP contribution in [0.25, 0.3) is 0 Å². The third kappa shape index (κ3) is 3.09. The Morgan fingerprint density at radius 1 is 0.824 bits per heavy atom. The minimum Gasteiger partial charge on any atom is -0.355 e. The van der Waals surface area contributed by atoms with Crippen molar-refractivity contribution in [3.05, 3.63) is 97.0 Å². The number of amides is 2. The summed E-state index contributed by atoms with van der Waals surface area (Å²) >= 11 is 12.3. The molecule has 0 spiro atoms. The molecule has 5 rings (SSSR count). The fourth-order valence-corrected chi connectivity index (χ4v) is 5.86. The SMILES string of the molecule is Cc1ccc(C2(C)OC(C)(C)c3cc(C)c(N4C(=O)c5cc(Cl)c(Cl)cc5C4=O)c(C)c32)cc1. The number of imide groups is 1. The summed E-state index contributed by atoms with van der Waals surface area (Å²) in [6.45, 7) is 12.1. The monoisotopic (exact) mass is 493 g/mol. The lowest BCUT2D eigenvalue weighted by Gasteiger charge is -2.31. The molecule has 0 aliphatic carbocycles. The number of hydrogen-bond acceptors (Lipinski definition) is 3. The van der Waals surface area contributed by atoms with Gasteiger partial charge in [0.2, 0.25) is 0 Å². The van der Waals surface area contributed by atoms with E-state index in [1.165, 1.54) is 17.0 Å². The molecule has 0 N–H and O–H groups in total. The van der Waals surface area contributed by atoms with Crippen molar-refractivity contribution in [1.82, 2.24) is 0 Å². The van der Waals surface area contributed by atoms with Crippen molar-refractivity contribution in [1.29, 1.82) is 0 Å². The van der Waals surface area contributed by atoms with Crippen molar-refractivity contribution in [2.75, 3.05) is 4.90 Å². The molecular formula is C28H25Cl2NO3. The van der Waals surface area contributed by atoms with E-state index in [1.54, 1.807) is 0 Å². The van der Waals surface area contributed by atoms with Crippen LogP contribution in [0.15, 0.2) is 42.5 Å². The molecule has 2 aliphatic rings. The molecule has 0 saturated heterocycles. The molecule has 2 aliphatic heterocycles. The first-order chi connectivity index (χ1) is 15.9. The number of aryl methyl sites for hydroxylation is 2. The normalized spacial score (nSPS) is 20.6. The van der Waals surface area contributed by atoms with Gasteiger partial charge in [-0.15, -0.1) is 0 Å². The average molecular weight is 494 g/mol. The van der Waals surface area contributed by atoms with Crippen LogP contribution in [0.2, 0.25) is 10.0 Å². The second kappa shape index (κ2) is 7.42. The number of ether oxygens (including phenoxy) is 1. The van der Waals surface area contributed by atoms with E-state index in [0.29, 0.717) is 5.69 Å². The van der Waals surface area contributed by atoms with Crippen LogP contribution in [-0.4, -0.2) is 11.8 Å². The number of rotatable bonds is 2. The summed E-state index contributed by atoms with van der Waals surface area (Å²) in [6.07, 6.45) is 0. The Labute approximate surface area is 209 Å². The standard InChI is InChI=1S/C28H25Cl2NO3/c1-14-7-9-17(10-8-14)28(6)23-16(3)24(15(2)11-20(23)27(4,5)34-28)31-25(32)18-12-21(29)22(30)13-19(18)26(31)33/h7-13H,1-6H3. The highest BCUT2D eigenvalue weighted by Gasteiger charge is 2.50. The van der Waals surface area contributed by atoms with E-state index in [-0.39, 0.29) is 21.2 Å². The molecule has 3 aromatic carbocycles. The van der Waals surface area contributed by atoms with Crippen LogP contribution in [0, 0.1) is 20.8 Å². The van der Waals surface area contributed by atoms with Crippen molar-refractivity contribution in [2.45, 2.75) is 52.7 Å². The second-order valence-corrected chi connectivity index (χ2v) is 10.7. The third-order valence-electron chi connectivity index (χ3n) is 7.07. The molecule has 3 aromatic rings. The van der Waals surface area contributed by atoms with Crippen molar-refractivity contribution < 1.29 is 14.3 Å². The van der Waals surface area contributed by atoms with Gasteiger partial charge in [-0.3, -0.25) is 9.59 Å². The first-order valence-corrected chi connectivity index (χ1v) is 11.9. The number of fused-ring (bicyclic) bond motifs is 2. The molecule has 0 bridgehead atoms. The van der Waals surface area contributed by atoms with Gasteiger partial charge in [0.05, 0.1) is 32.5 Å². The van der Waals surface area contributed by atoms with Gasteiger partial charge in [-0.05, 0) is 81.5 Å². The summed E-state index contributed by atoms with van der Waals surface area (Å²) in [4.78, 5) is 28.1. The Morgan fingerprint density at radius 2 is 1.35 bits per heavy atom. The zero-order valence-electron chi connectivity index (χ0n) is 20.0. The zero-order chi connectivity index (χ0) is 24.7. The Bertz CT molecular complexity index is 1370. The van der Waals surface area contributed by atoms with Crippen molar-refractivity contribution in [2.24, 2.45) is 0 Å². The second-order valence-electron chi connectivity index (χ2n) is 9.86. The minimum absolute atomic E-state index is 0.243. The van der Waals surface area contributed by atoms with E-state index < -0.39 is 23.0 Å². The number of halogens is 2. The molecule has 1 unspecified atom stereocenters. The summed E-state index contributed by atoms with van der Waals surface area (Å²) in [5, 5.41) is 0.487. The molecule has 6 heteroatoms. The molecule has 4 nitrogen and oxygen atoms in total. The molecule has 0 radical (unpaired) electrons. The van der Waals surface area contributed by atoms with Gasteiger partial charge < -0.3 is 4.74 Å². The van der Waals surface area contributed by atoms with Crippen LogP contribution in [-0.2, 0) is 15.9 Å². The molecular weight excluding hydrogens is 469 g/mol. The minimum atomic E-state index is -0.746. The van der Waals surface area contributed by atoms with Gasteiger partial charge in [-0.2, -0.15) is 0 Å². The lowest BCUT2D eigenvalue weighted by Crippen LogP contribution is -2.32. The highest BCUT2D eigenvalue weighted by Crippen LogP contribution is 2.54. The maximum Gasteiger partial charge on any atom is 0.266 e. The first kappa shape index (κ1) is 23.1. The highest BCUT2D eigenvalue weighted by molar-refractivity contribution is 6.44. The molecule has 174 valence electrons. The van der Waals surface area contributed by atoms with Crippen LogP contribution < -0.4 is 4.90 Å². The van der Waals surface area contributed by atoms with Gasteiger partial charge >= 0.3 is 0 Å². The Morgan fingerprint density at radius 3 is 1.88 bits per heavy atom. The first-order valence-electron chi connectivity index (χ1n) is 11.2. The number of carbonyl (C=O) groups excluding carboxylic acids is 2. The third-order valence-corrected chi connectivity index (χ3v) is 7.79. The molecule has 0 aromatic heterocycles.